The maximum absolute atomic E-state index is 10.6. The third kappa shape index (κ3) is 2.85. The van der Waals surface area contributed by atoms with Crippen LogP contribution in [0.25, 0.3) is 0 Å². The van der Waals surface area contributed by atoms with Gasteiger partial charge in [-0.05, 0) is 18.3 Å². The molecule has 18 heavy (non-hydrogen) atoms. The third-order valence-electron chi connectivity index (χ3n) is 3.53. The average molecular weight is 269 g/mol. The maximum atomic E-state index is 10.6. The van der Waals surface area contributed by atoms with Crippen molar-refractivity contribution in [2.75, 3.05) is 5.75 Å². The molecule has 1 saturated carbocycles. The summed E-state index contributed by atoms with van der Waals surface area (Å²) in [7, 11) is 0. The van der Waals surface area contributed by atoms with Crippen LogP contribution in [0.3, 0.4) is 0 Å². The number of aryl methyl sites for hydroxylation is 1. The lowest BCUT2D eigenvalue weighted by atomic mass is 9.70. The summed E-state index contributed by atoms with van der Waals surface area (Å²) in [6.45, 7) is 5.24. The van der Waals surface area contributed by atoms with Crippen molar-refractivity contribution in [3.63, 3.8) is 0 Å². The summed E-state index contributed by atoms with van der Waals surface area (Å²) in [5.74, 6) is 0.178. The lowest BCUT2D eigenvalue weighted by molar-refractivity contribution is -0.133. The van der Waals surface area contributed by atoms with Crippen molar-refractivity contribution in [1.82, 2.24) is 14.8 Å². The van der Waals surface area contributed by atoms with E-state index in [0.29, 0.717) is 5.41 Å². The molecule has 1 aromatic heterocycles. The Labute approximate surface area is 111 Å². The summed E-state index contributed by atoms with van der Waals surface area (Å²) < 4.78 is 2.10. The quantitative estimate of drug-likeness (QED) is 0.802. The normalized spacial score (nSPS) is 17.4. The fourth-order valence-corrected chi connectivity index (χ4v) is 2.97. The monoisotopic (exact) mass is 269 g/mol. The first-order chi connectivity index (χ1) is 8.54. The Morgan fingerprint density at radius 1 is 1.50 bits per heavy atom. The third-order valence-corrected chi connectivity index (χ3v) is 4.49. The van der Waals surface area contributed by atoms with E-state index in [-0.39, 0.29) is 5.75 Å². The molecule has 0 bridgehead atoms. The van der Waals surface area contributed by atoms with Gasteiger partial charge >= 0.3 is 5.97 Å². The van der Waals surface area contributed by atoms with Crippen LogP contribution in [0.5, 0.6) is 0 Å². The predicted molar refractivity (Wildman–Crippen MR) is 69.7 cm³/mol. The number of carbonyl (C=O) groups is 1. The van der Waals surface area contributed by atoms with Gasteiger partial charge in [0.15, 0.2) is 5.16 Å². The molecule has 1 heterocycles. The molecule has 5 nitrogen and oxygen atoms in total. The first kappa shape index (κ1) is 13.4. The molecule has 2 rings (SSSR count). The minimum absolute atomic E-state index is 0.0402. The van der Waals surface area contributed by atoms with E-state index in [2.05, 4.69) is 28.6 Å². The number of carboxylic acids is 1. The molecule has 1 aliphatic rings. The molecule has 0 aromatic carbocycles. The van der Waals surface area contributed by atoms with Gasteiger partial charge in [0.2, 0.25) is 0 Å². The zero-order valence-corrected chi connectivity index (χ0v) is 11.7. The molecule has 1 fully saturated rings. The first-order valence-electron chi connectivity index (χ1n) is 6.31. The van der Waals surface area contributed by atoms with E-state index in [4.69, 9.17) is 5.11 Å². The number of carboxylic acid groups (broad SMARTS) is 1. The van der Waals surface area contributed by atoms with Gasteiger partial charge in [0.1, 0.15) is 5.82 Å². The SMILES string of the molecule is CCc1nnc(SCC(=O)O)n1CC1(C)CCC1. The van der Waals surface area contributed by atoms with Crippen LogP contribution in [0.15, 0.2) is 5.16 Å². The van der Waals surface area contributed by atoms with Gasteiger partial charge in [0.05, 0.1) is 5.75 Å². The Hall–Kier alpha value is -1.04. The molecule has 1 N–H and O–H groups in total. The Kier molecular flexibility index (Phi) is 3.94. The number of nitrogens with zero attached hydrogens (tertiary/aromatic N) is 3. The van der Waals surface area contributed by atoms with Crippen molar-refractivity contribution < 1.29 is 9.90 Å². The second kappa shape index (κ2) is 5.30. The second-order valence-corrected chi connectivity index (χ2v) is 6.13. The Balaban J connectivity index is 2.13. The van der Waals surface area contributed by atoms with Gasteiger partial charge in [-0.1, -0.05) is 32.0 Å². The summed E-state index contributed by atoms with van der Waals surface area (Å²) in [5.41, 5.74) is 0.338. The largest absolute Gasteiger partial charge is 0.481 e. The Morgan fingerprint density at radius 2 is 2.22 bits per heavy atom. The van der Waals surface area contributed by atoms with E-state index >= 15 is 0 Å². The summed E-state index contributed by atoms with van der Waals surface area (Å²) in [6.07, 6.45) is 4.59. The summed E-state index contributed by atoms with van der Waals surface area (Å²) in [6, 6.07) is 0. The molecule has 0 spiro atoms. The lowest BCUT2D eigenvalue weighted by Crippen LogP contribution is -2.31. The highest BCUT2D eigenvalue weighted by Gasteiger charge is 2.33. The second-order valence-electron chi connectivity index (χ2n) is 5.19. The van der Waals surface area contributed by atoms with Crippen LogP contribution < -0.4 is 0 Å². The fraction of sp³-hybridized carbons (Fsp3) is 0.750. The summed E-state index contributed by atoms with van der Waals surface area (Å²) >= 11 is 1.26. The number of thioether (sulfide) groups is 1. The van der Waals surface area contributed by atoms with Crippen molar-refractivity contribution in [1.29, 1.82) is 0 Å². The summed E-state index contributed by atoms with van der Waals surface area (Å²) in [4.78, 5) is 10.6. The lowest BCUT2D eigenvalue weighted by Gasteiger charge is -2.39. The zero-order valence-electron chi connectivity index (χ0n) is 10.8. The Bertz CT molecular complexity index is 441. The molecule has 0 atom stereocenters. The minimum Gasteiger partial charge on any atom is -0.481 e. The molecule has 0 aliphatic heterocycles. The van der Waals surface area contributed by atoms with Crippen LogP contribution >= 0.6 is 11.8 Å². The van der Waals surface area contributed by atoms with Gasteiger partial charge in [-0.25, -0.2) is 0 Å². The average Bonchev–Trinajstić information content (AvgIpc) is 2.66. The smallest absolute Gasteiger partial charge is 0.313 e. The van der Waals surface area contributed by atoms with Crippen LogP contribution in [-0.4, -0.2) is 31.6 Å². The predicted octanol–water partition coefficient (Wildman–Crippen LogP) is 2.21. The van der Waals surface area contributed by atoms with Gasteiger partial charge in [-0.3, -0.25) is 4.79 Å². The van der Waals surface area contributed by atoms with Gasteiger partial charge in [-0.2, -0.15) is 0 Å². The van der Waals surface area contributed by atoms with Crippen molar-refractivity contribution in [3.05, 3.63) is 5.82 Å². The molecular formula is C12H19N3O2S. The highest BCUT2D eigenvalue weighted by Crippen LogP contribution is 2.42. The molecule has 0 unspecified atom stereocenters. The number of aromatic nitrogens is 3. The highest BCUT2D eigenvalue weighted by molar-refractivity contribution is 7.99. The molecule has 1 aliphatic carbocycles. The van der Waals surface area contributed by atoms with Crippen LogP contribution in [0.4, 0.5) is 0 Å². The number of hydrogen-bond donors (Lipinski definition) is 1. The van der Waals surface area contributed by atoms with E-state index in [1.54, 1.807) is 0 Å². The molecule has 6 heteroatoms. The summed E-state index contributed by atoms with van der Waals surface area (Å²) in [5, 5.41) is 17.7. The van der Waals surface area contributed by atoms with E-state index in [9.17, 15) is 4.79 Å². The van der Waals surface area contributed by atoms with Gasteiger partial charge in [0.25, 0.3) is 0 Å². The van der Waals surface area contributed by atoms with Gasteiger partial charge in [0, 0.05) is 13.0 Å². The van der Waals surface area contributed by atoms with Crippen LogP contribution in [0.1, 0.15) is 38.9 Å². The van der Waals surface area contributed by atoms with Gasteiger partial charge < -0.3 is 9.67 Å². The van der Waals surface area contributed by atoms with Crippen molar-refractivity contribution >= 4 is 17.7 Å². The first-order valence-corrected chi connectivity index (χ1v) is 7.29. The highest BCUT2D eigenvalue weighted by atomic mass is 32.2. The standard InChI is InChI=1S/C12H19N3O2S/c1-3-9-13-14-11(18-7-10(16)17)15(9)8-12(2)5-4-6-12/h3-8H2,1-2H3,(H,16,17). The van der Waals surface area contributed by atoms with Crippen LogP contribution in [0, 0.1) is 5.41 Å². The van der Waals surface area contributed by atoms with E-state index in [1.807, 2.05) is 0 Å². The minimum atomic E-state index is -0.817. The van der Waals surface area contributed by atoms with Crippen LogP contribution in [-0.2, 0) is 17.8 Å². The fourth-order valence-electron chi connectivity index (χ4n) is 2.29. The topological polar surface area (TPSA) is 68.0 Å². The number of rotatable bonds is 6. The van der Waals surface area contributed by atoms with Gasteiger partial charge in [-0.15, -0.1) is 10.2 Å². The molecule has 1 aromatic rings. The van der Waals surface area contributed by atoms with Crippen molar-refractivity contribution in [2.45, 2.75) is 51.2 Å². The van der Waals surface area contributed by atoms with E-state index < -0.39 is 5.97 Å². The van der Waals surface area contributed by atoms with Crippen molar-refractivity contribution in [2.24, 2.45) is 5.41 Å². The molecule has 0 amide bonds. The molecule has 0 radical (unpaired) electrons. The molecular weight excluding hydrogens is 250 g/mol. The van der Waals surface area contributed by atoms with E-state index in [0.717, 1.165) is 23.9 Å². The Morgan fingerprint density at radius 3 is 2.72 bits per heavy atom. The zero-order chi connectivity index (χ0) is 13.2. The van der Waals surface area contributed by atoms with Crippen LogP contribution in [0.2, 0.25) is 0 Å². The maximum Gasteiger partial charge on any atom is 0.313 e. The van der Waals surface area contributed by atoms with Crippen molar-refractivity contribution in [3.8, 4) is 0 Å². The number of hydrogen-bond acceptors (Lipinski definition) is 4. The molecule has 100 valence electrons. The molecule has 0 saturated heterocycles. The number of aliphatic carboxylic acids is 1. The van der Waals surface area contributed by atoms with E-state index in [1.165, 1.54) is 31.0 Å².